The average Bonchev–Trinajstić information content (AvgIpc) is 2.61. The number of phenolic OH excluding ortho intramolecular Hbond substituents is 2. The Hall–Kier alpha value is -2.93. The highest BCUT2D eigenvalue weighted by atomic mass is 16.6. The highest BCUT2D eigenvalue weighted by Crippen LogP contribution is 2.36. The number of nitro benzene ring substituents is 1. The molecule has 2 aromatic rings. The summed E-state index contributed by atoms with van der Waals surface area (Å²) in [6, 6.07) is 10.3. The van der Waals surface area contributed by atoms with Gasteiger partial charge >= 0.3 is 5.69 Å². The van der Waals surface area contributed by atoms with E-state index in [2.05, 4.69) is 17.0 Å². The third-order valence-corrected chi connectivity index (χ3v) is 4.45. The van der Waals surface area contributed by atoms with Crippen LogP contribution in [-0.2, 0) is 13.0 Å². The molecule has 0 bridgehead atoms. The van der Waals surface area contributed by atoms with E-state index in [1.807, 2.05) is 12.1 Å². The standard InChI is InChI=1S/C18H18N2O5/c21-16(14-9-15(20(24)25)18(23)17(22)10-14)6-8-19-7-5-12-3-1-2-4-13(12)11-19/h1-4,9-10,22-23H,5-8,11H2. The van der Waals surface area contributed by atoms with Crippen molar-refractivity contribution < 1.29 is 19.9 Å². The lowest BCUT2D eigenvalue weighted by molar-refractivity contribution is -0.386. The zero-order valence-corrected chi connectivity index (χ0v) is 13.5. The van der Waals surface area contributed by atoms with Gasteiger partial charge in [-0.3, -0.25) is 19.8 Å². The molecular formula is C18H18N2O5. The molecule has 130 valence electrons. The average molecular weight is 342 g/mol. The summed E-state index contributed by atoms with van der Waals surface area (Å²) >= 11 is 0. The Bertz CT molecular complexity index is 834. The smallest absolute Gasteiger partial charge is 0.315 e. The molecule has 1 aliphatic heterocycles. The monoisotopic (exact) mass is 342 g/mol. The second kappa shape index (κ2) is 6.90. The molecule has 0 radical (unpaired) electrons. The quantitative estimate of drug-likeness (QED) is 0.375. The Balaban J connectivity index is 1.67. The first kappa shape index (κ1) is 16.9. The summed E-state index contributed by atoms with van der Waals surface area (Å²) in [5, 5.41) is 30.0. The molecule has 0 amide bonds. The summed E-state index contributed by atoms with van der Waals surface area (Å²) in [6.45, 7) is 2.15. The van der Waals surface area contributed by atoms with Gasteiger partial charge in [0.1, 0.15) is 0 Å². The molecule has 0 fully saturated rings. The molecule has 2 aromatic carbocycles. The van der Waals surface area contributed by atoms with Crippen LogP contribution in [0.4, 0.5) is 5.69 Å². The number of benzene rings is 2. The zero-order valence-electron chi connectivity index (χ0n) is 13.5. The van der Waals surface area contributed by atoms with Crippen LogP contribution in [0.5, 0.6) is 11.5 Å². The predicted octanol–water partition coefficient (Wildman–Crippen LogP) is 2.64. The molecule has 3 rings (SSSR count). The fraction of sp³-hybridized carbons (Fsp3) is 0.278. The Morgan fingerprint density at radius 2 is 1.92 bits per heavy atom. The number of hydrogen-bond acceptors (Lipinski definition) is 6. The SMILES string of the molecule is O=C(CCN1CCc2ccccc2C1)c1cc(O)c(O)c([N+](=O)[O-])c1. The van der Waals surface area contributed by atoms with E-state index in [1.54, 1.807) is 0 Å². The Morgan fingerprint density at radius 1 is 1.20 bits per heavy atom. The van der Waals surface area contributed by atoms with Gasteiger partial charge in [-0.25, -0.2) is 0 Å². The van der Waals surface area contributed by atoms with Crippen LogP contribution in [-0.4, -0.2) is 38.9 Å². The van der Waals surface area contributed by atoms with E-state index >= 15 is 0 Å². The van der Waals surface area contributed by atoms with E-state index in [1.165, 1.54) is 11.1 Å². The lowest BCUT2D eigenvalue weighted by atomic mass is 9.99. The van der Waals surface area contributed by atoms with Crippen molar-refractivity contribution in [1.82, 2.24) is 4.90 Å². The minimum absolute atomic E-state index is 0.0272. The third-order valence-electron chi connectivity index (χ3n) is 4.45. The van der Waals surface area contributed by atoms with E-state index in [9.17, 15) is 25.1 Å². The van der Waals surface area contributed by atoms with Crippen LogP contribution in [0.3, 0.4) is 0 Å². The predicted molar refractivity (Wildman–Crippen MR) is 90.8 cm³/mol. The van der Waals surface area contributed by atoms with Gasteiger partial charge in [-0.05, 0) is 23.6 Å². The number of aromatic hydroxyl groups is 2. The van der Waals surface area contributed by atoms with Crippen molar-refractivity contribution in [3.63, 3.8) is 0 Å². The van der Waals surface area contributed by atoms with E-state index in [0.717, 1.165) is 31.6 Å². The first-order chi connectivity index (χ1) is 12.0. The normalized spacial score (nSPS) is 14.1. The fourth-order valence-electron chi connectivity index (χ4n) is 3.05. The van der Waals surface area contributed by atoms with Gasteiger partial charge in [0.05, 0.1) is 4.92 Å². The van der Waals surface area contributed by atoms with Crippen LogP contribution in [0.15, 0.2) is 36.4 Å². The molecule has 0 saturated carbocycles. The van der Waals surface area contributed by atoms with Crippen LogP contribution in [0.2, 0.25) is 0 Å². The Labute approximate surface area is 144 Å². The summed E-state index contributed by atoms with van der Waals surface area (Å²) in [7, 11) is 0. The Kier molecular flexibility index (Phi) is 4.67. The van der Waals surface area contributed by atoms with Gasteiger partial charge in [-0.2, -0.15) is 0 Å². The third kappa shape index (κ3) is 3.61. The van der Waals surface area contributed by atoms with Gasteiger partial charge in [0.2, 0.25) is 5.75 Å². The summed E-state index contributed by atoms with van der Waals surface area (Å²) in [6.07, 6.45) is 1.11. The molecule has 0 aliphatic carbocycles. The number of hydrogen-bond donors (Lipinski definition) is 2. The maximum Gasteiger partial charge on any atom is 0.315 e. The number of fused-ring (bicyclic) bond motifs is 1. The van der Waals surface area contributed by atoms with Crippen molar-refractivity contribution >= 4 is 11.5 Å². The zero-order chi connectivity index (χ0) is 18.0. The molecule has 1 aliphatic rings. The molecule has 0 spiro atoms. The second-order valence-corrected chi connectivity index (χ2v) is 6.09. The van der Waals surface area contributed by atoms with Gasteiger partial charge in [0, 0.05) is 37.7 Å². The molecule has 2 N–H and O–H groups in total. The van der Waals surface area contributed by atoms with Crippen LogP contribution in [0.1, 0.15) is 27.9 Å². The van der Waals surface area contributed by atoms with E-state index < -0.39 is 22.1 Å². The molecule has 0 atom stereocenters. The van der Waals surface area contributed by atoms with Gasteiger partial charge < -0.3 is 10.2 Å². The van der Waals surface area contributed by atoms with Crippen LogP contribution in [0, 0.1) is 10.1 Å². The van der Waals surface area contributed by atoms with E-state index in [-0.39, 0.29) is 17.8 Å². The number of nitro groups is 1. The molecule has 25 heavy (non-hydrogen) atoms. The maximum absolute atomic E-state index is 12.3. The number of carbonyl (C=O) groups is 1. The first-order valence-electron chi connectivity index (χ1n) is 7.98. The summed E-state index contributed by atoms with van der Waals surface area (Å²) in [5.41, 5.74) is 1.93. The largest absolute Gasteiger partial charge is 0.504 e. The van der Waals surface area contributed by atoms with Crippen LogP contribution in [0.25, 0.3) is 0 Å². The number of ketones is 1. The van der Waals surface area contributed by atoms with Crippen molar-refractivity contribution in [1.29, 1.82) is 0 Å². The summed E-state index contributed by atoms with van der Waals surface area (Å²) < 4.78 is 0. The van der Waals surface area contributed by atoms with Gasteiger partial charge in [-0.15, -0.1) is 0 Å². The maximum atomic E-state index is 12.3. The summed E-state index contributed by atoms with van der Waals surface area (Å²) in [5.74, 6) is -1.80. The molecular weight excluding hydrogens is 324 g/mol. The number of Topliss-reactive ketones (excluding diaryl/α,β-unsaturated/α-hetero) is 1. The lowest BCUT2D eigenvalue weighted by Gasteiger charge is -2.28. The van der Waals surface area contributed by atoms with Crippen LogP contribution >= 0.6 is 0 Å². The Morgan fingerprint density at radius 3 is 2.64 bits per heavy atom. The molecule has 7 nitrogen and oxygen atoms in total. The highest BCUT2D eigenvalue weighted by molar-refractivity contribution is 5.97. The van der Waals surface area contributed by atoms with Gasteiger partial charge in [0.25, 0.3) is 0 Å². The van der Waals surface area contributed by atoms with Crippen molar-refractivity contribution in [3.05, 3.63) is 63.2 Å². The lowest BCUT2D eigenvalue weighted by Crippen LogP contribution is -2.32. The summed E-state index contributed by atoms with van der Waals surface area (Å²) in [4.78, 5) is 24.6. The minimum atomic E-state index is -0.826. The van der Waals surface area contributed by atoms with Crippen LogP contribution < -0.4 is 0 Å². The number of nitrogens with zero attached hydrogens (tertiary/aromatic N) is 2. The fourth-order valence-corrected chi connectivity index (χ4v) is 3.05. The van der Waals surface area contributed by atoms with Crippen molar-refractivity contribution in [2.45, 2.75) is 19.4 Å². The first-order valence-corrected chi connectivity index (χ1v) is 7.98. The van der Waals surface area contributed by atoms with E-state index in [0.29, 0.717) is 6.54 Å². The second-order valence-electron chi connectivity index (χ2n) is 6.09. The molecule has 0 aromatic heterocycles. The number of rotatable bonds is 5. The van der Waals surface area contributed by atoms with E-state index in [4.69, 9.17) is 0 Å². The number of phenols is 2. The molecule has 0 unspecified atom stereocenters. The van der Waals surface area contributed by atoms with Crippen molar-refractivity contribution in [2.24, 2.45) is 0 Å². The minimum Gasteiger partial charge on any atom is -0.504 e. The highest BCUT2D eigenvalue weighted by Gasteiger charge is 2.22. The van der Waals surface area contributed by atoms with Crippen molar-refractivity contribution in [2.75, 3.05) is 13.1 Å². The van der Waals surface area contributed by atoms with Gasteiger partial charge in [0.15, 0.2) is 11.5 Å². The number of carbonyl (C=O) groups excluding carboxylic acids is 1. The van der Waals surface area contributed by atoms with Crippen molar-refractivity contribution in [3.8, 4) is 11.5 Å². The molecule has 0 saturated heterocycles. The topological polar surface area (TPSA) is 104 Å². The van der Waals surface area contributed by atoms with Gasteiger partial charge in [-0.1, -0.05) is 24.3 Å². The molecule has 7 heteroatoms. The molecule has 1 heterocycles.